The topological polar surface area (TPSA) is 105 Å². The van der Waals surface area contributed by atoms with Crippen molar-refractivity contribution in [2.75, 3.05) is 14.1 Å². The number of aromatic nitrogens is 2. The van der Waals surface area contributed by atoms with E-state index in [1.165, 1.54) is 35.4 Å². The van der Waals surface area contributed by atoms with E-state index < -0.39 is 21.1 Å². The standard InChI is InChI=1S/C26H24N4O4S/c1-4-29-23-14-13-21(35(33,34)28(2)3)15-24(23)30(26(32)25(29)31)17-18-9-11-19(12-10-18)22-8-6-5-7-20(22)16-27/h5-15H,4,17H2,1-3H3. The largest absolute Gasteiger partial charge is 0.317 e. The van der Waals surface area contributed by atoms with Crippen molar-refractivity contribution in [1.29, 1.82) is 5.26 Å². The summed E-state index contributed by atoms with van der Waals surface area (Å²) < 4.78 is 29.2. The van der Waals surface area contributed by atoms with Crippen LogP contribution in [0.1, 0.15) is 18.1 Å². The summed E-state index contributed by atoms with van der Waals surface area (Å²) >= 11 is 0. The smallest absolute Gasteiger partial charge is 0.302 e. The highest BCUT2D eigenvalue weighted by atomic mass is 32.2. The van der Waals surface area contributed by atoms with Crippen LogP contribution in [0.3, 0.4) is 0 Å². The van der Waals surface area contributed by atoms with Gasteiger partial charge in [0.1, 0.15) is 0 Å². The highest BCUT2D eigenvalue weighted by molar-refractivity contribution is 7.89. The molecule has 4 rings (SSSR count). The summed E-state index contributed by atoms with van der Waals surface area (Å²) in [7, 11) is -0.867. The lowest BCUT2D eigenvalue weighted by atomic mass is 9.99. The predicted octanol–water partition coefficient (Wildman–Crippen LogP) is 3.02. The van der Waals surface area contributed by atoms with Gasteiger partial charge in [-0.15, -0.1) is 0 Å². The van der Waals surface area contributed by atoms with Crippen molar-refractivity contribution in [3.8, 4) is 17.2 Å². The van der Waals surface area contributed by atoms with E-state index in [4.69, 9.17) is 0 Å². The fourth-order valence-electron chi connectivity index (χ4n) is 4.04. The van der Waals surface area contributed by atoms with Gasteiger partial charge in [0.25, 0.3) is 0 Å². The fourth-order valence-corrected chi connectivity index (χ4v) is 4.97. The molecule has 0 bridgehead atoms. The first kappa shape index (κ1) is 24.1. The average Bonchev–Trinajstić information content (AvgIpc) is 2.87. The maximum atomic E-state index is 13.1. The van der Waals surface area contributed by atoms with Crippen LogP contribution < -0.4 is 11.1 Å². The second kappa shape index (κ2) is 9.33. The van der Waals surface area contributed by atoms with E-state index in [1.807, 2.05) is 36.4 Å². The Kier molecular flexibility index (Phi) is 6.43. The van der Waals surface area contributed by atoms with Crippen LogP contribution >= 0.6 is 0 Å². The number of aryl methyl sites for hydroxylation is 1. The number of fused-ring (bicyclic) bond motifs is 1. The first-order chi connectivity index (χ1) is 16.7. The molecular weight excluding hydrogens is 464 g/mol. The zero-order valence-electron chi connectivity index (χ0n) is 19.6. The normalized spacial score (nSPS) is 11.6. The van der Waals surface area contributed by atoms with Crippen LogP contribution in [0, 0.1) is 11.3 Å². The lowest BCUT2D eigenvalue weighted by molar-refractivity contribution is 0.521. The molecule has 0 aliphatic heterocycles. The van der Waals surface area contributed by atoms with E-state index in [-0.39, 0.29) is 18.0 Å². The molecule has 0 spiro atoms. The summed E-state index contributed by atoms with van der Waals surface area (Å²) in [6, 6.07) is 21.3. The molecule has 0 saturated carbocycles. The summed E-state index contributed by atoms with van der Waals surface area (Å²) in [5, 5.41) is 9.38. The van der Waals surface area contributed by atoms with E-state index >= 15 is 0 Å². The molecule has 0 N–H and O–H groups in total. The van der Waals surface area contributed by atoms with Crippen molar-refractivity contribution in [3.63, 3.8) is 0 Å². The van der Waals surface area contributed by atoms with Gasteiger partial charge < -0.3 is 4.57 Å². The Morgan fingerprint density at radius 2 is 1.54 bits per heavy atom. The zero-order valence-corrected chi connectivity index (χ0v) is 20.4. The van der Waals surface area contributed by atoms with Gasteiger partial charge in [-0.2, -0.15) is 5.26 Å². The summed E-state index contributed by atoms with van der Waals surface area (Å²) in [4.78, 5) is 25.9. The van der Waals surface area contributed by atoms with Crippen LogP contribution in [-0.2, 0) is 23.1 Å². The Morgan fingerprint density at radius 3 is 2.17 bits per heavy atom. The Hall–Kier alpha value is -4.00. The van der Waals surface area contributed by atoms with Gasteiger partial charge in [-0.3, -0.25) is 14.2 Å². The number of sulfonamides is 1. The number of hydrogen-bond donors (Lipinski definition) is 0. The lowest BCUT2D eigenvalue weighted by Crippen LogP contribution is -2.41. The van der Waals surface area contributed by atoms with Gasteiger partial charge in [0.15, 0.2) is 0 Å². The van der Waals surface area contributed by atoms with Crippen LogP contribution in [0.15, 0.2) is 81.2 Å². The molecule has 0 unspecified atom stereocenters. The van der Waals surface area contributed by atoms with Crippen LogP contribution in [0.25, 0.3) is 22.2 Å². The number of nitriles is 1. The quantitative estimate of drug-likeness (QED) is 0.388. The van der Waals surface area contributed by atoms with Crippen LogP contribution in [-0.4, -0.2) is 36.0 Å². The molecule has 0 aliphatic carbocycles. The van der Waals surface area contributed by atoms with Gasteiger partial charge in [0.05, 0.1) is 34.1 Å². The summed E-state index contributed by atoms with van der Waals surface area (Å²) in [6.45, 7) is 2.12. The van der Waals surface area contributed by atoms with Crippen LogP contribution in [0.4, 0.5) is 0 Å². The maximum Gasteiger partial charge on any atom is 0.317 e. The fraction of sp³-hybridized carbons (Fsp3) is 0.192. The Labute approximate surface area is 203 Å². The molecule has 0 aliphatic rings. The lowest BCUT2D eigenvalue weighted by Gasteiger charge is -2.17. The number of nitrogens with zero attached hydrogens (tertiary/aromatic N) is 4. The van der Waals surface area contributed by atoms with Gasteiger partial charge >= 0.3 is 11.1 Å². The molecule has 9 heteroatoms. The highest BCUT2D eigenvalue weighted by Gasteiger charge is 2.20. The SMILES string of the molecule is CCn1c(=O)c(=O)n(Cc2ccc(-c3ccccc3C#N)cc2)c2cc(S(=O)(=O)N(C)C)ccc21. The second-order valence-electron chi connectivity index (χ2n) is 8.23. The first-order valence-corrected chi connectivity index (χ1v) is 12.4. The van der Waals surface area contributed by atoms with Crippen LogP contribution in [0.2, 0.25) is 0 Å². The van der Waals surface area contributed by atoms with Gasteiger partial charge in [-0.1, -0.05) is 42.5 Å². The van der Waals surface area contributed by atoms with Crippen LogP contribution in [0.5, 0.6) is 0 Å². The summed E-state index contributed by atoms with van der Waals surface area (Å²) in [6.07, 6.45) is 0. The molecule has 1 aromatic heterocycles. The molecule has 0 amide bonds. The highest BCUT2D eigenvalue weighted by Crippen LogP contribution is 2.24. The van der Waals surface area contributed by atoms with Crippen molar-refractivity contribution >= 4 is 21.1 Å². The van der Waals surface area contributed by atoms with Gasteiger partial charge in [-0.05, 0) is 47.9 Å². The Morgan fingerprint density at radius 1 is 0.886 bits per heavy atom. The van der Waals surface area contributed by atoms with Gasteiger partial charge in [-0.25, -0.2) is 12.7 Å². The van der Waals surface area contributed by atoms with E-state index in [0.29, 0.717) is 16.6 Å². The van der Waals surface area contributed by atoms with Crippen molar-refractivity contribution in [2.24, 2.45) is 0 Å². The molecule has 0 atom stereocenters. The number of benzene rings is 3. The number of rotatable bonds is 6. The molecule has 0 radical (unpaired) electrons. The molecule has 4 aromatic rings. The minimum Gasteiger partial charge on any atom is -0.302 e. The molecule has 178 valence electrons. The zero-order chi connectivity index (χ0) is 25.3. The Bertz CT molecular complexity index is 1690. The van der Waals surface area contributed by atoms with E-state index in [0.717, 1.165) is 21.0 Å². The maximum absolute atomic E-state index is 13.1. The average molecular weight is 489 g/mol. The Balaban J connectivity index is 1.86. The summed E-state index contributed by atoms with van der Waals surface area (Å²) in [5.74, 6) is 0. The third-order valence-electron chi connectivity index (χ3n) is 5.95. The van der Waals surface area contributed by atoms with Crippen molar-refractivity contribution < 1.29 is 8.42 Å². The van der Waals surface area contributed by atoms with Gasteiger partial charge in [0.2, 0.25) is 10.0 Å². The van der Waals surface area contributed by atoms with Crippen molar-refractivity contribution in [2.45, 2.75) is 24.9 Å². The van der Waals surface area contributed by atoms with Gasteiger partial charge in [0, 0.05) is 20.6 Å². The first-order valence-electron chi connectivity index (χ1n) is 11.0. The third-order valence-corrected chi connectivity index (χ3v) is 7.76. The predicted molar refractivity (Wildman–Crippen MR) is 135 cm³/mol. The molecule has 1 heterocycles. The van der Waals surface area contributed by atoms with E-state index in [1.54, 1.807) is 25.1 Å². The van der Waals surface area contributed by atoms with E-state index in [9.17, 15) is 23.3 Å². The minimum atomic E-state index is -3.74. The minimum absolute atomic E-state index is 0.0351. The van der Waals surface area contributed by atoms with Crippen molar-refractivity contribution in [3.05, 3.63) is 98.6 Å². The summed E-state index contributed by atoms with van der Waals surface area (Å²) in [5.41, 5.74) is 2.41. The van der Waals surface area contributed by atoms with Crippen molar-refractivity contribution in [1.82, 2.24) is 13.4 Å². The molecule has 8 nitrogen and oxygen atoms in total. The molecule has 0 fully saturated rings. The molecule has 35 heavy (non-hydrogen) atoms. The monoisotopic (exact) mass is 488 g/mol. The number of hydrogen-bond acceptors (Lipinski definition) is 5. The molecule has 3 aromatic carbocycles. The van der Waals surface area contributed by atoms with E-state index in [2.05, 4.69) is 6.07 Å². The second-order valence-corrected chi connectivity index (χ2v) is 10.4. The third kappa shape index (κ3) is 4.30. The molecule has 0 saturated heterocycles. The molecular formula is C26H24N4O4S.